The van der Waals surface area contributed by atoms with E-state index in [0.29, 0.717) is 17.9 Å². The summed E-state index contributed by atoms with van der Waals surface area (Å²) in [5.41, 5.74) is 7.92. The first-order valence-corrected chi connectivity index (χ1v) is 6.52. The summed E-state index contributed by atoms with van der Waals surface area (Å²) >= 11 is 3.39. The first-order chi connectivity index (χ1) is 7.97. The van der Waals surface area contributed by atoms with Gasteiger partial charge in [0.2, 0.25) is 0 Å². The number of anilines is 1. The quantitative estimate of drug-likeness (QED) is 0.681. The van der Waals surface area contributed by atoms with Gasteiger partial charge in [0.1, 0.15) is 0 Å². The summed E-state index contributed by atoms with van der Waals surface area (Å²) < 4.78 is 5.95. The molecule has 0 spiro atoms. The molecule has 0 unspecified atom stereocenters. The predicted molar refractivity (Wildman–Crippen MR) is 73.2 cm³/mol. The molecule has 0 aliphatic heterocycles. The van der Waals surface area contributed by atoms with Crippen LogP contribution in [0.1, 0.15) is 49.0 Å². The minimum Gasteiger partial charge on any atom is -0.462 e. The van der Waals surface area contributed by atoms with E-state index in [2.05, 4.69) is 15.9 Å². The highest BCUT2D eigenvalue weighted by Gasteiger charge is 2.16. The average molecular weight is 300 g/mol. The lowest BCUT2D eigenvalue weighted by Gasteiger charge is -2.14. The van der Waals surface area contributed by atoms with E-state index in [1.54, 1.807) is 6.07 Å². The SMILES string of the molecule is CCCOC(=O)c1cc(Br)cc(C(C)C)c1N. The molecule has 0 bridgehead atoms. The van der Waals surface area contributed by atoms with Crippen molar-refractivity contribution in [2.75, 3.05) is 12.3 Å². The molecule has 0 fully saturated rings. The maximum Gasteiger partial charge on any atom is 0.340 e. The van der Waals surface area contributed by atoms with E-state index < -0.39 is 0 Å². The maximum atomic E-state index is 11.8. The lowest BCUT2D eigenvalue weighted by molar-refractivity contribution is 0.0506. The number of carbonyl (C=O) groups is 1. The molecule has 17 heavy (non-hydrogen) atoms. The van der Waals surface area contributed by atoms with Crippen molar-refractivity contribution in [3.8, 4) is 0 Å². The van der Waals surface area contributed by atoms with E-state index in [0.717, 1.165) is 16.5 Å². The van der Waals surface area contributed by atoms with Crippen molar-refractivity contribution in [3.05, 3.63) is 27.7 Å². The van der Waals surface area contributed by atoms with Crippen molar-refractivity contribution in [2.24, 2.45) is 0 Å². The Bertz CT molecular complexity index is 416. The van der Waals surface area contributed by atoms with Gasteiger partial charge in [0, 0.05) is 10.2 Å². The van der Waals surface area contributed by atoms with Crippen molar-refractivity contribution < 1.29 is 9.53 Å². The third-order valence-electron chi connectivity index (χ3n) is 2.46. The van der Waals surface area contributed by atoms with Gasteiger partial charge in [-0.25, -0.2) is 4.79 Å². The molecule has 94 valence electrons. The minimum absolute atomic E-state index is 0.269. The molecule has 1 aromatic carbocycles. The average Bonchev–Trinajstić information content (AvgIpc) is 2.28. The molecule has 4 heteroatoms. The van der Waals surface area contributed by atoms with E-state index in [9.17, 15) is 4.79 Å². The summed E-state index contributed by atoms with van der Waals surface area (Å²) in [6, 6.07) is 3.65. The molecule has 2 N–H and O–H groups in total. The number of hydrogen-bond acceptors (Lipinski definition) is 3. The predicted octanol–water partition coefficient (Wildman–Crippen LogP) is 3.72. The molecule has 0 amide bonds. The van der Waals surface area contributed by atoms with Crippen LogP contribution in [0.5, 0.6) is 0 Å². The van der Waals surface area contributed by atoms with Crippen LogP contribution in [0.4, 0.5) is 5.69 Å². The van der Waals surface area contributed by atoms with Crippen molar-refractivity contribution in [1.29, 1.82) is 0 Å². The largest absolute Gasteiger partial charge is 0.462 e. The van der Waals surface area contributed by atoms with Gasteiger partial charge in [-0.1, -0.05) is 36.7 Å². The summed E-state index contributed by atoms with van der Waals surface area (Å²) in [5.74, 6) is -0.0854. The molecule has 0 aromatic heterocycles. The van der Waals surface area contributed by atoms with Gasteiger partial charge < -0.3 is 10.5 Å². The highest BCUT2D eigenvalue weighted by molar-refractivity contribution is 9.10. The number of halogens is 1. The van der Waals surface area contributed by atoms with Gasteiger partial charge in [-0.05, 0) is 30.0 Å². The summed E-state index contributed by atoms with van der Waals surface area (Å²) in [6.45, 7) is 6.46. The maximum absolute atomic E-state index is 11.8. The zero-order valence-corrected chi connectivity index (χ0v) is 12.0. The lowest BCUT2D eigenvalue weighted by Crippen LogP contribution is -2.11. The minimum atomic E-state index is -0.354. The molecule has 0 aliphatic carbocycles. The Morgan fingerprint density at radius 3 is 2.65 bits per heavy atom. The first-order valence-electron chi connectivity index (χ1n) is 5.73. The number of ether oxygens (including phenoxy) is 1. The molecule has 0 saturated heterocycles. The number of benzene rings is 1. The van der Waals surface area contributed by atoms with Crippen LogP contribution in [-0.4, -0.2) is 12.6 Å². The first kappa shape index (κ1) is 14.0. The van der Waals surface area contributed by atoms with Crippen LogP contribution in [0.25, 0.3) is 0 Å². The molecule has 0 atom stereocenters. The van der Waals surface area contributed by atoms with Gasteiger partial charge in [-0.2, -0.15) is 0 Å². The number of nitrogens with two attached hydrogens (primary N) is 1. The topological polar surface area (TPSA) is 52.3 Å². The Hall–Kier alpha value is -1.03. The van der Waals surface area contributed by atoms with Crippen molar-refractivity contribution >= 4 is 27.6 Å². The van der Waals surface area contributed by atoms with E-state index in [-0.39, 0.29) is 11.9 Å². The molecule has 3 nitrogen and oxygen atoms in total. The van der Waals surface area contributed by atoms with Crippen LogP contribution < -0.4 is 5.73 Å². The normalized spacial score (nSPS) is 10.6. The van der Waals surface area contributed by atoms with Crippen LogP contribution in [-0.2, 0) is 4.74 Å². The lowest BCUT2D eigenvalue weighted by atomic mass is 9.98. The summed E-state index contributed by atoms with van der Waals surface area (Å²) in [4.78, 5) is 11.8. The number of carbonyl (C=O) groups excluding carboxylic acids is 1. The second-order valence-corrected chi connectivity index (χ2v) is 5.16. The summed E-state index contributed by atoms with van der Waals surface area (Å²) in [5, 5.41) is 0. The van der Waals surface area contributed by atoms with E-state index in [4.69, 9.17) is 10.5 Å². The van der Waals surface area contributed by atoms with Gasteiger partial charge in [0.15, 0.2) is 0 Å². The highest BCUT2D eigenvalue weighted by atomic mass is 79.9. The Labute approximate surface area is 110 Å². The van der Waals surface area contributed by atoms with Crippen molar-refractivity contribution in [2.45, 2.75) is 33.1 Å². The van der Waals surface area contributed by atoms with E-state index >= 15 is 0 Å². The number of nitrogen functional groups attached to an aromatic ring is 1. The third kappa shape index (κ3) is 3.46. The van der Waals surface area contributed by atoms with Crippen LogP contribution in [0, 0.1) is 0 Å². The second kappa shape index (κ2) is 6.05. The fraction of sp³-hybridized carbons (Fsp3) is 0.462. The third-order valence-corrected chi connectivity index (χ3v) is 2.91. The molecule has 0 radical (unpaired) electrons. The molecule has 0 saturated carbocycles. The molecular weight excluding hydrogens is 282 g/mol. The van der Waals surface area contributed by atoms with Crippen molar-refractivity contribution in [3.63, 3.8) is 0 Å². The Balaban J connectivity index is 3.11. The van der Waals surface area contributed by atoms with Crippen LogP contribution in [0.2, 0.25) is 0 Å². The number of esters is 1. The van der Waals surface area contributed by atoms with Crippen LogP contribution in [0.15, 0.2) is 16.6 Å². The zero-order chi connectivity index (χ0) is 13.0. The smallest absolute Gasteiger partial charge is 0.340 e. The summed E-state index contributed by atoms with van der Waals surface area (Å²) in [7, 11) is 0. The van der Waals surface area contributed by atoms with E-state index in [1.165, 1.54) is 0 Å². The Morgan fingerprint density at radius 2 is 2.12 bits per heavy atom. The standard InChI is InChI=1S/C13H18BrNO2/c1-4-5-17-13(16)11-7-9(14)6-10(8(2)3)12(11)15/h6-8H,4-5,15H2,1-3H3. The Morgan fingerprint density at radius 1 is 1.47 bits per heavy atom. The molecule has 0 heterocycles. The molecule has 1 rings (SSSR count). The Kier molecular flexibility index (Phi) is 5.00. The molecule has 1 aromatic rings. The van der Waals surface area contributed by atoms with Gasteiger partial charge >= 0.3 is 5.97 Å². The van der Waals surface area contributed by atoms with Gasteiger partial charge in [0.25, 0.3) is 0 Å². The van der Waals surface area contributed by atoms with Gasteiger partial charge in [0.05, 0.1) is 12.2 Å². The second-order valence-electron chi connectivity index (χ2n) is 4.25. The fourth-order valence-electron chi connectivity index (χ4n) is 1.56. The van der Waals surface area contributed by atoms with Gasteiger partial charge in [-0.3, -0.25) is 0 Å². The van der Waals surface area contributed by atoms with Crippen LogP contribution >= 0.6 is 15.9 Å². The monoisotopic (exact) mass is 299 g/mol. The molecular formula is C13H18BrNO2. The number of rotatable bonds is 4. The van der Waals surface area contributed by atoms with E-state index in [1.807, 2.05) is 26.8 Å². The summed E-state index contributed by atoms with van der Waals surface area (Å²) in [6.07, 6.45) is 0.802. The fourth-order valence-corrected chi connectivity index (χ4v) is 2.03. The van der Waals surface area contributed by atoms with Crippen molar-refractivity contribution in [1.82, 2.24) is 0 Å². The van der Waals surface area contributed by atoms with Crippen LogP contribution in [0.3, 0.4) is 0 Å². The number of hydrogen-bond donors (Lipinski definition) is 1. The highest BCUT2D eigenvalue weighted by Crippen LogP contribution is 2.29. The molecule has 0 aliphatic rings. The zero-order valence-electron chi connectivity index (χ0n) is 10.4. The van der Waals surface area contributed by atoms with Gasteiger partial charge in [-0.15, -0.1) is 0 Å².